The summed E-state index contributed by atoms with van der Waals surface area (Å²) in [5, 5.41) is 9.10. The van der Waals surface area contributed by atoms with Crippen molar-refractivity contribution >= 4 is 30.9 Å². The number of carboxylic acids is 1. The molecule has 1 N–H and O–H groups in total. The number of benzene rings is 1. The summed E-state index contributed by atoms with van der Waals surface area (Å²) in [6.07, 6.45) is 12.4. The first-order chi connectivity index (χ1) is 23.5. The van der Waals surface area contributed by atoms with E-state index in [1.807, 2.05) is 0 Å². The van der Waals surface area contributed by atoms with E-state index in [4.69, 9.17) is 18.4 Å². The maximum atomic E-state index is 11.1. The van der Waals surface area contributed by atoms with Gasteiger partial charge in [0.2, 0.25) is 0 Å². The number of rotatable bonds is 25. The Morgan fingerprint density at radius 1 is 0.755 bits per heavy atom. The maximum Gasteiger partial charge on any atom is 0.303 e. The van der Waals surface area contributed by atoms with Crippen LogP contribution in [-0.2, 0) is 18.1 Å². The second kappa shape index (κ2) is 22.1. The van der Waals surface area contributed by atoms with Crippen LogP contribution < -0.4 is 0 Å². The zero-order chi connectivity index (χ0) is 36.5. The third-order valence-corrected chi connectivity index (χ3v) is 26.6. The van der Waals surface area contributed by atoms with Gasteiger partial charge in [-0.1, -0.05) is 112 Å². The zero-order valence-electron chi connectivity index (χ0n) is 33.5. The van der Waals surface area contributed by atoms with E-state index in [1.165, 1.54) is 60.2 Å². The highest BCUT2D eigenvalue weighted by Crippen LogP contribution is 2.47. The van der Waals surface area contributed by atoms with Crippen molar-refractivity contribution in [1.29, 1.82) is 0 Å². The number of hydrogen-bond donors (Lipinski definition) is 1. The lowest BCUT2D eigenvalue weighted by Crippen LogP contribution is -2.49. The van der Waals surface area contributed by atoms with Crippen LogP contribution in [0.1, 0.15) is 121 Å². The summed E-state index contributed by atoms with van der Waals surface area (Å²) in [5.41, 5.74) is 2.85. The predicted molar refractivity (Wildman–Crippen MR) is 218 cm³/mol. The number of fused-ring (bicyclic) bond motifs is 1. The van der Waals surface area contributed by atoms with Gasteiger partial charge in [0.1, 0.15) is 0 Å². The second-order valence-electron chi connectivity index (χ2n) is 14.9. The third-order valence-electron chi connectivity index (χ3n) is 12.6. The van der Waals surface area contributed by atoms with Crippen LogP contribution in [0.25, 0.3) is 11.1 Å². The molecule has 1 saturated carbocycles. The molecule has 3 aliphatic carbocycles. The Morgan fingerprint density at radius 2 is 1.27 bits per heavy atom. The molecule has 0 spiro atoms. The Balaban J connectivity index is 0.00000122. The van der Waals surface area contributed by atoms with E-state index in [1.54, 1.807) is 0 Å². The van der Waals surface area contributed by atoms with Crippen molar-refractivity contribution in [2.24, 2.45) is 11.8 Å². The molecule has 0 unspecified atom stereocenters. The number of unbranched alkanes of at least 4 members (excludes halogenated alkanes) is 2. The Hall–Kier alpha value is -1.04. The summed E-state index contributed by atoms with van der Waals surface area (Å²) in [4.78, 5) is 11.1. The minimum absolute atomic E-state index is 0.193. The lowest BCUT2D eigenvalue weighted by atomic mass is 9.84. The normalized spacial score (nSPS) is 21.1. The van der Waals surface area contributed by atoms with E-state index in [-0.39, 0.29) is 24.7 Å². The van der Waals surface area contributed by atoms with Crippen molar-refractivity contribution in [2.45, 2.75) is 193 Å². The summed E-state index contributed by atoms with van der Waals surface area (Å²) in [5.74, 6) is -0.00125. The van der Waals surface area contributed by atoms with Gasteiger partial charge >= 0.3 is 5.97 Å². The number of aliphatic carboxylic acids is 1. The number of hydrogen-bond acceptors (Lipinski definition) is 4. The van der Waals surface area contributed by atoms with Crippen molar-refractivity contribution < 1.29 is 23.2 Å². The molecule has 8 heteroatoms. The summed E-state index contributed by atoms with van der Waals surface area (Å²) in [6, 6.07) is 19.0. The second-order valence-corrected chi connectivity index (χ2v) is 29.1. The zero-order valence-corrected chi connectivity index (χ0v) is 36.5. The molecule has 0 radical (unpaired) electrons. The van der Waals surface area contributed by atoms with Crippen molar-refractivity contribution in [3.63, 3.8) is 0 Å². The maximum absolute atomic E-state index is 11.1. The largest absolute Gasteiger partial charge is 0.481 e. The molecule has 1 fully saturated rings. The molecule has 0 aromatic rings. The Kier molecular flexibility index (Phi) is 19.9. The van der Waals surface area contributed by atoms with E-state index in [0.29, 0.717) is 18.3 Å². The van der Waals surface area contributed by atoms with Gasteiger partial charge in [-0.15, -0.1) is 0 Å². The minimum Gasteiger partial charge on any atom is -0.481 e. The van der Waals surface area contributed by atoms with Crippen LogP contribution >= 0.6 is 0 Å². The van der Waals surface area contributed by atoms with Crippen molar-refractivity contribution in [1.82, 2.24) is 0 Å². The SMILES string of the molecule is CCCC[C@@H](O[Si](CC)(CC)CC)[C@H]1[C@@H](CC=CCCCC(=O)O)[C@@H](O[Si](CC)(CC)CC)C[C@H]1O[Si](CC)(CC)CC.c1cc2cc-2c1. The average molecular weight is 733 g/mol. The Morgan fingerprint density at radius 3 is 1.67 bits per heavy atom. The van der Waals surface area contributed by atoms with Gasteiger partial charge < -0.3 is 18.4 Å². The van der Waals surface area contributed by atoms with E-state index in [2.05, 4.69) is 106 Å². The number of carbonyl (C=O) groups is 1. The standard InChI is InChI=1S/C35H72O5Si3.C6H4/c1-11-21-27-31(38-41(12-2,13-3)14-4)35-30(26-24-22-23-25-28-34(36)37)32(39-42(15-5,16-6)17-7)29-33(35)40-43(18-8,19-9)20-10;1-2-5-4-6(5)3-1/h22,24,30-33,35H,11-21,23,25-29H2,1-10H3,(H,36,37);1-4H/t30-,31+,32-,33+,35+;/m0./s1. The fraction of sp³-hybridized carbons (Fsp3) is 0.780. The molecular weight excluding hydrogens is 657 g/mol. The lowest BCUT2D eigenvalue weighted by Gasteiger charge is -2.42. The molecule has 5 atom stereocenters. The third kappa shape index (κ3) is 12.8. The van der Waals surface area contributed by atoms with Gasteiger partial charge in [0.05, 0.1) is 18.3 Å². The first-order valence-electron chi connectivity index (χ1n) is 20.5. The molecule has 3 rings (SSSR count). The number of carboxylic acid groups (broad SMARTS) is 1. The molecule has 0 bridgehead atoms. The monoisotopic (exact) mass is 733 g/mol. The van der Waals surface area contributed by atoms with E-state index < -0.39 is 30.9 Å². The molecule has 3 aliphatic rings. The van der Waals surface area contributed by atoms with Crippen LogP contribution in [0.4, 0.5) is 0 Å². The topological polar surface area (TPSA) is 65.0 Å². The predicted octanol–water partition coefficient (Wildman–Crippen LogP) is 12.9. The molecule has 0 heterocycles. The summed E-state index contributed by atoms with van der Waals surface area (Å²) >= 11 is 0. The van der Waals surface area contributed by atoms with Crippen LogP contribution in [0.2, 0.25) is 54.4 Å². The molecule has 0 aromatic heterocycles. The molecule has 0 amide bonds. The van der Waals surface area contributed by atoms with Gasteiger partial charge in [-0.25, -0.2) is 0 Å². The molecule has 49 heavy (non-hydrogen) atoms. The quantitative estimate of drug-likeness (QED) is 0.0625. The van der Waals surface area contributed by atoms with Gasteiger partial charge in [0.25, 0.3) is 0 Å². The Labute approximate surface area is 305 Å². The van der Waals surface area contributed by atoms with E-state index >= 15 is 0 Å². The van der Waals surface area contributed by atoms with Gasteiger partial charge in [0.15, 0.2) is 25.0 Å². The molecule has 5 nitrogen and oxygen atoms in total. The summed E-state index contributed by atoms with van der Waals surface area (Å²) < 4.78 is 22.4. The van der Waals surface area contributed by atoms with Crippen LogP contribution in [0.15, 0.2) is 36.4 Å². The Bertz CT molecular complexity index is 1060. The average Bonchev–Trinajstić information content (AvgIpc) is 3.58. The van der Waals surface area contributed by atoms with Gasteiger partial charge in [-0.3, -0.25) is 4.79 Å². The first-order valence-corrected chi connectivity index (χ1v) is 28.1. The van der Waals surface area contributed by atoms with Crippen molar-refractivity contribution in [3.05, 3.63) is 36.4 Å². The van der Waals surface area contributed by atoms with Crippen molar-refractivity contribution in [3.8, 4) is 11.1 Å². The highest BCUT2D eigenvalue weighted by atomic mass is 28.4. The first kappa shape index (κ1) is 44.1. The van der Waals surface area contributed by atoms with E-state index in [9.17, 15) is 4.79 Å². The van der Waals surface area contributed by atoms with Gasteiger partial charge in [-0.05, 0) is 110 Å². The highest BCUT2D eigenvalue weighted by molar-refractivity contribution is 6.74. The minimum atomic E-state index is -1.85. The van der Waals surface area contributed by atoms with Crippen LogP contribution in [0.5, 0.6) is 0 Å². The lowest BCUT2D eigenvalue weighted by molar-refractivity contribution is -0.137. The van der Waals surface area contributed by atoms with Gasteiger partial charge in [-0.2, -0.15) is 0 Å². The fourth-order valence-electron chi connectivity index (χ4n) is 8.29. The number of allylic oxidation sites excluding steroid dienone is 2. The fourth-order valence-corrected chi connectivity index (χ4v) is 17.0. The molecular formula is C41H76O5Si3. The smallest absolute Gasteiger partial charge is 0.303 e. The van der Waals surface area contributed by atoms with Crippen molar-refractivity contribution in [2.75, 3.05) is 0 Å². The molecule has 0 saturated heterocycles. The van der Waals surface area contributed by atoms with Gasteiger partial charge in [0, 0.05) is 12.3 Å². The van der Waals surface area contributed by atoms with Crippen LogP contribution in [-0.4, -0.2) is 54.3 Å². The van der Waals surface area contributed by atoms with Crippen LogP contribution in [0, 0.1) is 11.8 Å². The van der Waals surface area contributed by atoms with E-state index in [0.717, 1.165) is 43.8 Å². The van der Waals surface area contributed by atoms with Crippen LogP contribution in [0.3, 0.4) is 0 Å². The summed E-state index contributed by atoms with van der Waals surface area (Å²) in [7, 11) is -5.52. The molecule has 282 valence electrons. The highest BCUT2D eigenvalue weighted by Gasteiger charge is 2.52. The molecule has 0 aliphatic heterocycles. The summed E-state index contributed by atoms with van der Waals surface area (Å²) in [6.45, 7) is 23.5. The molecule has 0 aromatic carbocycles.